The summed E-state index contributed by atoms with van der Waals surface area (Å²) in [5.41, 5.74) is 1.32. The van der Waals surface area contributed by atoms with Crippen LogP contribution in [0.4, 0.5) is 0 Å². The maximum absolute atomic E-state index is 11.8. The van der Waals surface area contributed by atoms with Gasteiger partial charge in [0.05, 0.1) is 5.71 Å². The van der Waals surface area contributed by atoms with Crippen molar-refractivity contribution in [3.63, 3.8) is 0 Å². The fourth-order valence-electron chi connectivity index (χ4n) is 3.86. The first kappa shape index (κ1) is 15.1. The summed E-state index contributed by atoms with van der Waals surface area (Å²) in [6, 6.07) is 9.23. The van der Waals surface area contributed by atoms with E-state index < -0.39 is 5.97 Å². The Kier molecular flexibility index (Phi) is 3.71. The van der Waals surface area contributed by atoms with E-state index in [0.29, 0.717) is 11.7 Å². The molecule has 0 amide bonds. The molecule has 3 rings (SSSR count). The van der Waals surface area contributed by atoms with Gasteiger partial charge in [-0.3, -0.25) is 0 Å². The average molecular weight is 301 g/mol. The van der Waals surface area contributed by atoms with Gasteiger partial charge in [0.25, 0.3) is 0 Å². The first-order chi connectivity index (χ1) is 10.4. The normalized spacial score (nSPS) is 30.5. The summed E-state index contributed by atoms with van der Waals surface area (Å²) in [5.74, 6) is 0.844. The van der Waals surface area contributed by atoms with Gasteiger partial charge in [0.1, 0.15) is 5.75 Å². The van der Waals surface area contributed by atoms with Crippen molar-refractivity contribution < 1.29 is 14.4 Å². The number of fused-ring (bicyclic) bond motifs is 2. The molecule has 118 valence electrons. The van der Waals surface area contributed by atoms with Crippen molar-refractivity contribution in [3.8, 4) is 5.75 Å². The highest BCUT2D eigenvalue weighted by molar-refractivity contribution is 5.94. The third-order valence-corrected chi connectivity index (χ3v) is 5.87. The fraction of sp³-hybridized carbons (Fsp3) is 0.556. The lowest BCUT2D eigenvalue weighted by molar-refractivity contribution is -0.146. The summed E-state index contributed by atoms with van der Waals surface area (Å²) in [6.45, 7) is 6.72. The molecule has 0 heterocycles. The Labute approximate surface area is 131 Å². The summed E-state index contributed by atoms with van der Waals surface area (Å²) in [5, 5.41) is 4.17. The molecule has 2 aliphatic carbocycles. The van der Waals surface area contributed by atoms with Gasteiger partial charge in [-0.25, -0.2) is 4.79 Å². The van der Waals surface area contributed by atoms with Crippen LogP contribution < -0.4 is 4.74 Å². The van der Waals surface area contributed by atoms with Crippen molar-refractivity contribution in [2.75, 3.05) is 6.61 Å². The smallest absolute Gasteiger partial charge is 0.372 e. The van der Waals surface area contributed by atoms with Gasteiger partial charge in [0.15, 0.2) is 6.61 Å². The second-order valence-electron chi connectivity index (χ2n) is 7.10. The lowest BCUT2D eigenvalue weighted by atomic mass is 9.70. The van der Waals surface area contributed by atoms with Crippen LogP contribution in [-0.2, 0) is 9.63 Å². The number of carbonyl (C=O) groups is 1. The molecule has 2 bridgehead atoms. The lowest BCUT2D eigenvalue weighted by Gasteiger charge is -2.34. The lowest BCUT2D eigenvalue weighted by Crippen LogP contribution is -2.32. The van der Waals surface area contributed by atoms with Crippen molar-refractivity contribution in [1.29, 1.82) is 0 Å². The molecular formula is C18H23NO3. The monoisotopic (exact) mass is 301 g/mol. The van der Waals surface area contributed by atoms with Crippen LogP contribution in [0.5, 0.6) is 5.75 Å². The van der Waals surface area contributed by atoms with Crippen LogP contribution in [0, 0.1) is 16.7 Å². The van der Waals surface area contributed by atoms with E-state index in [2.05, 4.69) is 25.9 Å². The number of para-hydroxylation sites is 1. The number of rotatable bonds is 4. The van der Waals surface area contributed by atoms with Crippen LogP contribution >= 0.6 is 0 Å². The van der Waals surface area contributed by atoms with Crippen LogP contribution in [0.15, 0.2) is 35.5 Å². The van der Waals surface area contributed by atoms with Gasteiger partial charge in [-0.05, 0) is 42.7 Å². The van der Waals surface area contributed by atoms with E-state index in [1.807, 2.05) is 18.2 Å². The Balaban J connectivity index is 1.57. The quantitative estimate of drug-likeness (QED) is 0.627. The summed E-state index contributed by atoms with van der Waals surface area (Å²) in [4.78, 5) is 16.9. The zero-order valence-corrected chi connectivity index (χ0v) is 13.5. The highest BCUT2D eigenvalue weighted by atomic mass is 16.7. The maximum atomic E-state index is 11.8. The van der Waals surface area contributed by atoms with Gasteiger partial charge in [-0.2, -0.15) is 0 Å². The van der Waals surface area contributed by atoms with E-state index in [9.17, 15) is 4.79 Å². The molecule has 0 aliphatic heterocycles. The van der Waals surface area contributed by atoms with Crippen molar-refractivity contribution in [3.05, 3.63) is 30.3 Å². The Morgan fingerprint density at radius 3 is 2.59 bits per heavy atom. The Bertz CT molecular complexity index is 594. The van der Waals surface area contributed by atoms with E-state index in [4.69, 9.17) is 9.57 Å². The molecule has 2 saturated carbocycles. The Morgan fingerprint density at radius 2 is 2.00 bits per heavy atom. The molecular weight excluding hydrogens is 278 g/mol. The number of carbonyl (C=O) groups excluding carboxylic acids is 1. The standard InChI is InChI=1S/C18H23NO3/c1-17(2)13-9-10-18(17,3)15(11-13)19-22-16(20)12-21-14-7-5-4-6-8-14/h4-8,13H,9-12H2,1-3H3/b19-15-/t13-,18-/m0/s1. The van der Waals surface area contributed by atoms with E-state index in [0.717, 1.165) is 18.6 Å². The minimum atomic E-state index is -0.458. The molecule has 2 atom stereocenters. The highest BCUT2D eigenvalue weighted by Crippen LogP contribution is 2.63. The average Bonchev–Trinajstić information content (AvgIpc) is 2.85. The van der Waals surface area contributed by atoms with Crippen molar-refractivity contribution in [2.24, 2.45) is 21.9 Å². The molecule has 22 heavy (non-hydrogen) atoms. The third kappa shape index (κ3) is 2.40. The van der Waals surface area contributed by atoms with Crippen LogP contribution in [-0.4, -0.2) is 18.3 Å². The van der Waals surface area contributed by atoms with Crippen LogP contribution in [0.1, 0.15) is 40.0 Å². The molecule has 1 aromatic rings. The number of benzene rings is 1. The summed E-state index contributed by atoms with van der Waals surface area (Å²) in [6.07, 6.45) is 3.31. The number of ether oxygens (including phenoxy) is 1. The SMILES string of the molecule is CC1(C)[C@H]2CC[C@@]1(C)/C(=N\OC(=O)COc1ccccc1)C2. The first-order valence-electron chi connectivity index (χ1n) is 7.88. The number of nitrogens with zero attached hydrogens (tertiary/aromatic N) is 1. The zero-order valence-electron chi connectivity index (χ0n) is 13.5. The second kappa shape index (κ2) is 5.41. The van der Waals surface area contributed by atoms with Crippen molar-refractivity contribution in [1.82, 2.24) is 0 Å². The molecule has 4 nitrogen and oxygen atoms in total. The van der Waals surface area contributed by atoms with Gasteiger partial charge >= 0.3 is 5.97 Å². The topological polar surface area (TPSA) is 47.9 Å². The van der Waals surface area contributed by atoms with Gasteiger partial charge < -0.3 is 9.57 Å². The van der Waals surface area contributed by atoms with Gasteiger partial charge in [0.2, 0.25) is 0 Å². The molecule has 0 spiro atoms. The Hall–Kier alpha value is -1.84. The van der Waals surface area contributed by atoms with Crippen molar-refractivity contribution >= 4 is 11.7 Å². The van der Waals surface area contributed by atoms with Crippen LogP contribution in [0.25, 0.3) is 0 Å². The largest absolute Gasteiger partial charge is 0.482 e. The predicted octanol–water partition coefficient (Wildman–Crippen LogP) is 3.81. The number of hydrogen-bond acceptors (Lipinski definition) is 4. The second-order valence-corrected chi connectivity index (χ2v) is 7.10. The molecule has 4 heteroatoms. The third-order valence-electron chi connectivity index (χ3n) is 5.87. The maximum Gasteiger partial charge on any atom is 0.372 e. The van der Waals surface area contributed by atoms with Crippen LogP contribution in [0.2, 0.25) is 0 Å². The fourth-order valence-corrected chi connectivity index (χ4v) is 3.86. The first-order valence-corrected chi connectivity index (χ1v) is 7.88. The molecule has 1 aromatic carbocycles. The minimum absolute atomic E-state index is 0.0538. The number of hydrogen-bond donors (Lipinski definition) is 0. The molecule has 0 aromatic heterocycles. The van der Waals surface area contributed by atoms with E-state index in [-0.39, 0.29) is 17.4 Å². The molecule has 0 saturated heterocycles. The summed E-state index contributed by atoms with van der Waals surface area (Å²) >= 11 is 0. The molecule has 0 unspecified atom stereocenters. The summed E-state index contributed by atoms with van der Waals surface area (Å²) in [7, 11) is 0. The molecule has 2 aliphatic rings. The molecule has 0 radical (unpaired) electrons. The van der Waals surface area contributed by atoms with Gasteiger partial charge in [-0.15, -0.1) is 0 Å². The highest BCUT2D eigenvalue weighted by Gasteiger charge is 2.60. The van der Waals surface area contributed by atoms with Crippen molar-refractivity contribution in [2.45, 2.75) is 40.0 Å². The predicted molar refractivity (Wildman–Crippen MR) is 84.7 cm³/mol. The number of oxime groups is 1. The zero-order chi connectivity index (χ0) is 15.8. The minimum Gasteiger partial charge on any atom is -0.482 e. The van der Waals surface area contributed by atoms with E-state index >= 15 is 0 Å². The molecule has 2 fully saturated rings. The van der Waals surface area contributed by atoms with E-state index in [1.165, 1.54) is 6.42 Å². The molecule has 0 N–H and O–H groups in total. The van der Waals surface area contributed by atoms with Crippen LogP contribution in [0.3, 0.4) is 0 Å². The van der Waals surface area contributed by atoms with Gasteiger partial charge in [0, 0.05) is 5.41 Å². The Morgan fingerprint density at radius 1 is 1.27 bits per heavy atom. The van der Waals surface area contributed by atoms with Gasteiger partial charge in [-0.1, -0.05) is 44.1 Å². The summed E-state index contributed by atoms with van der Waals surface area (Å²) < 4.78 is 5.37. The van der Waals surface area contributed by atoms with E-state index in [1.54, 1.807) is 12.1 Å².